The van der Waals surface area contributed by atoms with Crippen LogP contribution in [-0.2, 0) is 4.79 Å². The third-order valence-corrected chi connectivity index (χ3v) is 2.80. The standard InChI is InChI=1S/C7H12N2O2S/c1-7(2,12-4-3-8)5(9)6(10)11/h5H,4,9H2,1-2H3,(H,10,11)/t5-/m1/s1. The number of nitriles is 1. The Morgan fingerprint density at radius 1 is 1.83 bits per heavy atom. The highest BCUT2D eigenvalue weighted by Crippen LogP contribution is 2.26. The van der Waals surface area contributed by atoms with E-state index in [4.69, 9.17) is 16.1 Å². The summed E-state index contributed by atoms with van der Waals surface area (Å²) in [5.74, 6) is -0.779. The summed E-state index contributed by atoms with van der Waals surface area (Å²) in [6, 6.07) is 0.998. The van der Waals surface area contributed by atoms with Crippen molar-refractivity contribution >= 4 is 17.7 Å². The molecule has 0 radical (unpaired) electrons. The van der Waals surface area contributed by atoms with Crippen molar-refractivity contribution in [1.82, 2.24) is 0 Å². The average molecular weight is 188 g/mol. The molecule has 0 spiro atoms. The number of carboxylic acid groups (broad SMARTS) is 1. The Hall–Kier alpha value is -0.730. The van der Waals surface area contributed by atoms with Crippen molar-refractivity contribution < 1.29 is 9.90 Å². The van der Waals surface area contributed by atoms with Crippen LogP contribution in [0.5, 0.6) is 0 Å². The third kappa shape index (κ3) is 3.11. The lowest BCUT2D eigenvalue weighted by Crippen LogP contribution is -2.46. The van der Waals surface area contributed by atoms with Gasteiger partial charge in [-0.1, -0.05) is 0 Å². The van der Waals surface area contributed by atoms with Gasteiger partial charge in [0.05, 0.1) is 11.8 Å². The molecule has 0 fully saturated rings. The molecule has 0 aliphatic rings. The van der Waals surface area contributed by atoms with Crippen LogP contribution in [0.25, 0.3) is 0 Å². The number of thioether (sulfide) groups is 1. The molecule has 5 heteroatoms. The fraction of sp³-hybridized carbons (Fsp3) is 0.714. The molecule has 0 aliphatic heterocycles. The van der Waals surface area contributed by atoms with Gasteiger partial charge in [0.2, 0.25) is 0 Å². The molecule has 68 valence electrons. The summed E-state index contributed by atoms with van der Waals surface area (Å²) < 4.78 is -0.596. The molecule has 0 rings (SSSR count). The quantitative estimate of drug-likeness (QED) is 0.668. The van der Waals surface area contributed by atoms with Crippen LogP contribution >= 0.6 is 11.8 Å². The van der Waals surface area contributed by atoms with Crippen LogP contribution in [-0.4, -0.2) is 27.6 Å². The van der Waals surface area contributed by atoms with E-state index in [2.05, 4.69) is 0 Å². The van der Waals surface area contributed by atoms with E-state index in [9.17, 15) is 4.79 Å². The van der Waals surface area contributed by atoms with Crippen LogP contribution in [0.15, 0.2) is 0 Å². The molecular weight excluding hydrogens is 176 g/mol. The van der Waals surface area contributed by atoms with Gasteiger partial charge in [-0.3, -0.25) is 4.79 Å². The molecule has 0 aromatic rings. The molecule has 0 heterocycles. The van der Waals surface area contributed by atoms with Crippen molar-refractivity contribution in [1.29, 1.82) is 5.26 Å². The van der Waals surface area contributed by atoms with E-state index in [1.807, 2.05) is 6.07 Å². The fourth-order valence-corrected chi connectivity index (χ4v) is 1.32. The smallest absolute Gasteiger partial charge is 0.321 e. The number of hydrogen-bond acceptors (Lipinski definition) is 4. The van der Waals surface area contributed by atoms with E-state index in [0.29, 0.717) is 0 Å². The average Bonchev–Trinajstić information content (AvgIpc) is 1.99. The van der Waals surface area contributed by atoms with Gasteiger partial charge in [-0.05, 0) is 13.8 Å². The number of rotatable bonds is 4. The maximum absolute atomic E-state index is 10.5. The molecule has 0 aromatic heterocycles. The maximum atomic E-state index is 10.5. The molecule has 0 aromatic carbocycles. The van der Waals surface area contributed by atoms with Crippen molar-refractivity contribution in [3.63, 3.8) is 0 Å². The van der Waals surface area contributed by atoms with Gasteiger partial charge in [-0.25, -0.2) is 0 Å². The second-order valence-electron chi connectivity index (χ2n) is 2.87. The van der Waals surface area contributed by atoms with Crippen LogP contribution in [0.1, 0.15) is 13.8 Å². The van der Waals surface area contributed by atoms with Crippen molar-refractivity contribution in [2.75, 3.05) is 5.75 Å². The first kappa shape index (κ1) is 11.3. The first-order valence-corrected chi connectivity index (χ1v) is 4.39. The number of carboxylic acids is 1. The van der Waals surface area contributed by atoms with E-state index in [-0.39, 0.29) is 5.75 Å². The van der Waals surface area contributed by atoms with E-state index in [0.717, 1.165) is 0 Å². The fourth-order valence-electron chi connectivity index (χ4n) is 0.605. The summed E-state index contributed by atoms with van der Waals surface area (Å²) in [7, 11) is 0. The second kappa shape index (κ2) is 4.33. The van der Waals surface area contributed by atoms with E-state index in [1.165, 1.54) is 11.8 Å². The highest BCUT2D eigenvalue weighted by Gasteiger charge is 2.32. The number of aliphatic carboxylic acids is 1. The molecular formula is C7H12N2O2S. The number of nitrogens with zero attached hydrogens (tertiary/aromatic N) is 1. The third-order valence-electron chi connectivity index (χ3n) is 1.52. The Bertz CT molecular complexity index is 210. The minimum absolute atomic E-state index is 0.258. The molecule has 12 heavy (non-hydrogen) atoms. The summed E-state index contributed by atoms with van der Waals surface area (Å²) >= 11 is 1.25. The molecule has 0 saturated heterocycles. The Labute approximate surface area is 75.7 Å². The zero-order chi connectivity index (χ0) is 9.78. The highest BCUT2D eigenvalue weighted by molar-refractivity contribution is 8.00. The summed E-state index contributed by atoms with van der Waals surface area (Å²) in [5.41, 5.74) is 5.41. The van der Waals surface area contributed by atoms with Crippen LogP contribution in [0.2, 0.25) is 0 Å². The Morgan fingerprint density at radius 3 is 2.67 bits per heavy atom. The van der Waals surface area contributed by atoms with Gasteiger partial charge in [-0.15, -0.1) is 11.8 Å². The molecule has 4 nitrogen and oxygen atoms in total. The topological polar surface area (TPSA) is 87.1 Å². The lowest BCUT2D eigenvalue weighted by atomic mass is 10.1. The summed E-state index contributed by atoms with van der Waals surface area (Å²) in [6.07, 6.45) is 0. The zero-order valence-corrected chi connectivity index (χ0v) is 7.89. The van der Waals surface area contributed by atoms with Crippen LogP contribution in [0.3, 0.4) is 0 Å². The van der Waals surface area contributed by atoms with E-state index in [1.54, 1.807) is 13.8 Å². The predicted octanol–water partition coefficient (Wildman–Crippen LogP) is 0.434. The van der Waals surface area contributed by atoms with E-state index < -0.39 is 16.8 Å². The minimum Gasteiger partial charge on any atom is -0.480 e. The van der Waals surface area contributed by atoms with Gasteiger partial charge >= 0.3 is 5.97 Å². The van der Waals surface area contributed by atoms with Crippen LogP contribution < -0.4 is 5.73 Å². The van der Waals surface area contributed by atoms with Crippen molar-refractivity contribution in [2.24, 2.45) is 5.73 Å². The van der Waals surface area contributed by atoms with Gasteiger partial charge in [0.25, 0.3) is 0 Å². The van der Waals surface area contributed by atoms with Gasteiger partial charge in [-0.2, -0.15) is 5.26 Å². The summed E-state index contributed by atoms with van der Waals surface area (Å²) in [5, 5.41) is 16.9. The SMILES string of the molecule is CC(C)(SCC#N)[C@H](N)C(=O)O. The molecule has 1 atom stereocenters. The first-order valence-electron chi connectivity index (χ1n) is 3.41. The number of carbonyl (C=O) groups is 1. The second-order valence-corrected chi connectivity index (χ2v) is 4.50. The Balaban J connectivity index is 4.20. The summed E-state index contributed by atoms with van der Waals surface area (Å²) in [6.45, 7) is 3.43. The maximum Gasteiger partial charge on any atom is 0.321 e. The molecule has 0 unspecified atom stereocenters. The van der Waals surface area contributed by atoms with Crippen molar-refractivity contribution in [2.45, 2.75) is 24.6 Å². The Kier molecular flexibility index (Phi) is 4.07. The Morgan fingerprint density at radius 2 is 2.33 bits per heavy atom. The van der Waals surface area contributed by atoms with E-state index >= 15 is 0 Å². The van der Waals surface area contributed by atoms with Gasteiger partial charge in [0.1, 0.15) is 6.04 Å². The lowest BCUT2D eigenvalue weighted by Gasteiger charge is -2.26. The predicted molar refractivity (Wildman–Crippen MR) is 47.8 cm³/mol. The molecule has 0 bridgehead atoms. The van der Waals surface area contributed by atoms with Gasteiger partial charge in [0.15, 0.2) is 0 Å². The minimum atomic E-state index is -1.04. The molecule has 3 N–H and O–H groups in total. The molecule has 0 saturated carbocycles. The van der Waals surface area contributed by atoms with Crippen LogP contribution in [0.4, 0.5) is 0 Å². The monoisotopic (exact) mass is 188 g/mol. The van der Waals surface area contributed by atoms with Gasteiger partial charge in [0, 0.05) is 4.75 Å². The number of nitrogens with two attached hydrogens (primary N) is 1. The zero-order valence-electron chi connectivity index (χ0n) is 7.07. The normalized spacial score (nSPS) is 13.5. The van der Waals surface area contributed by atoms with Crippen LogP contribution in [0, 0.1) is 11.3 Å². The molecule has 0 aliphatic carbocycles. The van der Waals surface area contributed by atoms with Crippen molar-refractivity contribution in [3.8, 4) is 6.07 Å². The van der Waals surface area contributed by atoms with Gasteiger partial charge < -0.3 is 10.8 Å². The first-order chi connectivity index (χ1) is 5.41. The summed E-state index contributed by atoms with van der Waals surface area (Å²) in [4.78, 5) is 10.5. The van der Waals surface area contributed by atoms with Crippen molar-refractivity contribution in [3.05, 3.63) is 0 Å². The highest BCUT2D eigenvalue weighted by atomic mass is 32.2. The molecule has 0 amide bonds. The lowest BCUT2D eigenvalue weighted by molar-refractivity contribution is -0.139. The largest absolute Gasteiger partial charge is 0.480 e. The number of hydrogen-bond donors (Lipinski definition) is 2.